The van der Waals surface area contributed by atoms with Crippen molar-refractivity contribution in [2.24, 2.45) is 0 Å². The molecule has 0 atom stereocenters. The summed E-state index contributed by atoms with van der Waals surface area (Å²) in [5, 5.41) is 0. The number of H-pyrrole nitrogens is 1. The normalized spacial score (nSPS) is 10.4. The molecule has 1 heterocycles. The lowest BCUT2D eigenvalue weighted by Crippen LogP contribution is -1.92. The molecule has 0 bridgehead atoms. The van der Waals surface area contributed by atoms with E-state index in [-0.39, 0.29) is 0 Å². The van der Waals surface area contributed by atoms with E-state index in [1.807, 2.05) is 19.1 Å². The molecule has 2 aromatic rings. The molecule has 0 spiro atoms. The Balaban J connectivity index is 2.51. The summed E-state index contributed by atoms with van der Waals surface area (Å²) in [5.41, 5.74) is 1.65. The summed E-state index contributed by atoms with van der Waals surface area (Å²) in [7, 11) is 3.20. The quantitative estimate of drug-likeness (QED) is 0.859. The SMILES string of the molecule is CCOc1nc2cc(OC)c(OC)cc2[nH]1. The summed E-state index contributed by atoms with van der Waals surface area (Å²) in [6.07, 6.45) is 0. The Labute approximate surface area is 93.3 Å². The molecular formula is C11H14N2O3. The number of rotatable bonds is 4. The first kappa shape index (κ1) is 10.6. The van der Waals surface area contributed by atoms with Crippen molar-refractivity contribution in [2.75, 3.05) is 20.8 Å². The monoisotopic (exact) mass is 222 g/mol. The molecule has 0 unspecified atom stereocenters. The van der Waals surface area contributed by atoms with E-state index < -0.39 is 0 Å². The molecule has 0 saturated carbocycles. The van der Waals surface area contributed by atoms with Gasteiger partial charge in [-0.3, -0.25) is 0 Å². The Hall–Kier alpha value is -1.91. The average molecular weight is 222 g/mol. The second kappa shape index (κ2) is 4.30. The maximum atomic E-state index is 5.29. The second-order valence-electron chi connectivity index (χ2n) is 3.20. The highest BCUT2D eigenvalue weighted by Gasteiger charge is 2.09. The first-order valence-corrected chi connectivity index (χ1v) is 5.03. The molecule has 0 saturated heterocycles. The molecule has 0 amide bonds. The summed E-state index contributed by atoms with van der Waals surface area (Å²) in [5.74, 6) is 1.33. The Morgan fingerprint density at radius 1 is 1.19 bits per heavy atom. The van der Waals surface area contributed by atoms with E-state index in [0.717, 1.165) is 11.0 Å². The number of nitrogens with one attached hydrogen (secondary N) is 1. The zero-order valence-electron chi connectivity index (χ0n) is 9.53. The molecule has 16 heavy (non-hydrogen) atoms. The standard InChI is InChI=1S/C11H14N2O3/c1-4-16-11-12-7-5-9(14-2)10(15-3)6-8(7)13-11/h5-6H,4H2,1-3H3,(H,12,13). The lowest BCUT2D eigenvalue weighted by molar-refractivity contribution is 0.317. The van der Waals surface area contributed by atoms with E-state index >= 15 is 0 Å². The molecule has 0 aliphatic carbocycles. The molecule has 0 radical (unpaired) electrons. The molecular weight excluding hydrogens is 208 g/mol. The maximum absolute atomic E-state index is 5.29. The lowest BCUT2D eigenvalue weighted by Gasteiger charge is -2.05. The number of imidazole rings is 1. The minimum Gasteiger partial charge on any atom is -0.493 e. The minimum absolute atomic E-state index is 0.507. The van der Waals surface area contributed by atoms with Gasteiger partial charge in [0.2, 0.25) is 0 Å². The molecule has 1 N–H and O–H groups in total. The Morgan fingerprint density at radius 3 is 2.50 bits per heavy atom. The minimum atomic E-state index is 0.507. The largest absolute Gasteiger partial charge is 0.493 e. The van der Waals surface area contributed by atoms with E-state index in [4.69, 9.17) is 14.2 Å². The molecule has 2 rings (SSSR count). The predicted octanol–water partition coefficient (Wildman–Crippen LogP) is 1.98. The van der Waals surface area contributed by atoms with E-state index in [1.54, 1.807) is 14.2 Å². The average Bonchev–Trinajstić information content (AvgIpc) is 2.68. The third-order valence-electron chi connectivity index (χ3n) is 2.25. The van der Waals surface area contributed by atoms with Crippen LogP contribution in [0.4, 0.5) is 0 Å². The van der Waals surface area contributed by atoms with Crippen LogP contribution >= 0.6 is 0 Å². The summed E-state index contributed by atoms with van der Waals surface area (Å²) >= 11 is 0. The number of methoxy groups -OCH3 is 2. The second-order valence-corrected chi connectivity index (χ2v) is 3.20. The number of ether oxygens (including phenoxy) is 3. The highest BCUT2D eigenvalue weighted by molar-refractivity contribution is 5.80. The fourth-order valence-corrected chi connectivity index (χ4v) is 1.52. The number of aromatic amines is 1. The van der Waals surface area contributed by atoms with Gasteiger partial charge in [0.25, 0.3) is 6.01 Å². The fourth-order valence-electron chi connectivity index (χ4n) is 1.52. The van der Waals surface area contributed by atoms with Crippen molar-refractivity contribution in [3.05, 3.63) is 12.1 Å². The Bertz CT molecular complexity index is 452. The highest BCUT2D eigenvalue weighted by Crippen LogP contribution is 2.31. The van der Waals surface area contributed by atoms with Gasteiger partial charge in [0.05, 0.1) is 31.9 Å². The van der Waals surface area contributed by atoms with Crippen LogP contribution in [0.15, 0.2) is 12.1 Å². The number of fused-ring (bicyclic) bond motifs is 1. The van der Waals surface area contributed by atoms with Crippen molar-refractivity contribution in [2.45, 2.75) is 6.92 Å². The van der Waals surface area contributed by atoms with Crippen LogP contribution in [0.5, 0.6) is 17.5 Å². The van der Waals surface area contributed by atoms with Crippen LogP contribution < -0.4 is 14.2 Å². The van der Waals surface area contributed by atoms with Gasteiger partial charge in [-0.2, -0.15) is 4.98 Å². The van der Waals surface area contributed by atoms with Gasteiger partial charge in [0.15, 0.2) is 11.5 Å². The van der Waals surface area contributed by atoms with Crippen molar-refractivity contribution in [3.8, 4) is 17.5 Å². The number of hydrogen-bond acceptors (Lipinski definition) is 4. The highest BCUT2D eigenvalue weighted by atomic mass is 16.5. The molecule has 1 aromatic heterocycles. The van der Waals surface area contributed by atoms with Crippen LogP contribution in [0, 0.1) is 0 Å². The molecule has 1 aromatic carbocycles. The van der Waals surface area contributed by atoms with Gasteiger partial charge in [0, 0.05) is 12.1 Å². The van der Waals surface area contributed by atoms with Crippen LogP contribution in [-0.4, -0.2) is 30.8 Å². The van der Waals surface area contributed by atoms with Crippen molar-refractivity contribution in [1.29, 1.82) is 0 Å². The molecule has 5 nitrogen and oxygen atoms in total. The predicted molar refractivity (Wildman–Crippen MR) is 60.4 cm³/mol. The van der Waals surface area contributed by atoms with Crippen LogP contribution in [0.2, 0.25) is 0 Å². The zero-order valence-corrected chi connectivity index (χ0v) is 9.53. The summed E-state index contributed by atoms with van der Waals surface area (Å²) < 4.78 is 15.7. The van der Waals surface area contributed by atoms with Crippen molar-refractivity contribution < 1.29 is 14.2 Å². The van der Waals surface area contributed by atoms with Gasteiger partial charge in [-0.1, -0.05) is 0 Å². The summed E-state index contributed by atoms with van der Waals surface area (Å²) in [6.45, 7) is 2.49. The van der Waals surface area contributed by atoms with Crippen LogP contribution in [0.25, 0.3) is 11.0 Å². The Kier molecular flexibility index (Phi) is 2.85. The third-order valence-corrected chi connectivity index (χ3v) is 2.25. The van der Waals surface area contributed by atoms with E-state index in [1.165, 1.54) is 0 Å². The topological polar surface area (TPSA) is 56.4 Å². The van der Waals surface area contributed by atoms with E-state index in [0.29, 0.717) is 24.1 Å². The van der Waals surface area contributed by atoms with Gasteiger partial charge in [-0.05, 0) is 6.92 Å². The molecule has 0 fully saturated rings. The Morgan fingerprint density at radius 2 is 1.88 bits per heavy atom. The van der Waals surface area contributed by atoms with Crippen LogP contribution in [0.3, 0.4) is 0 Å². The van der Waals surface area contributed by atoms with Gasteiger partial charge in [0.1, 0.15) is 0 Å². The van der Waals surface area contributed by atoms with Crippen molar-refractivity contribution in [3.63, 3.8) is 0 Å². The van der Waals surface area contributed by atoms with E-state index in [2.05, 4.69) is 9.97 Å². The van der Waals surface area contributed by atoms with Crippen molar-refractivity contribution in [1.82, 2.24) is 9.97 Å². The van der Waals surface area contributed by atoms with E-state index in [9.17, 15) is 0 Å². The lowest BCUT2D eigenvalue weighted by atomic mass is 10.3. The number of nitrogens with zero attached hydrogens (tertiary/aromatic N) is 1. The smallest absolute Gasteiger partial charge is 0.294 e. The molecule has 0 aliphatic rings. The first-order valence-electron chi connectivity index (χ1n) is 5.03. The first-order chi connectivity index (χ1) is 7.78. The molecule has 86 valence electrons. The number of benzene rings is 1. The maximum Gasteiger partial charge on any atom is 0.294 e. The van der Waals surface area contributed by atoms with Crippen LogP contribution in [-0.2, 0) is 0 Å². The zero-order chi connectivity index (χ0) is 11.5. The third kappa shape index (κ3) is 1.76. The van der Waals surface area contributed by atoms with Gasteiger partial charge in [-0.15, -0.1) is 0 Å². The summed E-state index contributed by atoms with van der Waals surface area (Å²) in [6, 6.07) is 4.16. The molecule has 0 aliphatic heterocycles. The number of hydrogen-bond donors (Lipinski definition) is 1. The number of aromatic nitrogens is 2. The van der Waals surface area contributed by atoms with Crippen LogP contribution in [0.1, 0.15) is 6.92 Å². The summed E-state index contributed by atoms with van der Waals surface area (Å²) in [4.78, 5) is 7.33. The van der Waals surface area contributed by atoms with Gasteiger partial charge in [-0.25, -0.2) is 0 Å². The van der Waals surface area contributed by atoms with Gasteiger partial charge >= 0.3 is 0 Å². The van der Waals surface area contributed by atoms with Gasteiger partial charge < -0.3 is 19.2 Å². The fraction of sp³-hybridized carbons (Fsp3) is 0.364. The molecule has 5 heteroatoms. The van der Waals surface area contributed by atoms with Crippen molar-refractivity contribution >= 4 is 11.0 Å².